The maximum atomic E-state index is 12.7. The van der Waals surface area contributed by atoms with E-state index in [1.165, 1.54) is 26.0 Å². The average molecular weight is 537 g/mol. The highest BCUT2D eigenvalue weighted by Gasteiger charge is 2.20. The number of anilines is 1. The maximum absolute atomic E-state index is 12.7. The summed E-state index contributed by atoms with van der Waals surface area (Å²) in [6.07, 6.45) is 1.35. The Labute approximate surface area is 218 Å². The fourth-order valence-corrected chi connectivity index (χ4v) is 4.33. The second-order valence-electron chi connectivity index (χ2n) is 7.44. The van der Waals surface area contributed by atoms with Gasteiger partial charge in [-0.15, -0.1) is 16.8 Å². The largest absolute Gasteiger partial charge is 0.495 e. The molecule has 1 heterocycles. The predicted octanol–water partition coefficient (Wildman–Crippen LogP) is 5.97. The first kappa shape index (κ1) is 26.7. The van der Waals surface area contributed by atoms with Gasteiger partial charge in [0.1, 0.15) is 17.2 Å². The number of nitrogens with zero attached hydrogens (tertiary/aromatic N) is 3. The Kier molecular flexibility index (Phi) is 9.31. The molecule has 0 aliphatic carbocycles. The second kappa shape index (κ2) is 12.2. The highest BCUT2D eigenvalue weighted by molar-refractivity contribution is 7.99. The molecule has 1 atom stereocenters. The Morgan fingerprint density at radius 2 is 1.91 bits per heavy atom. The van der Waals surface area contributed by atoms with Gasteiger partial charge in [0.25, 0.3) is 0 Å². The first-order valence-corrected chi connectivity index (χ1v) is 12.3. The third kappa shape index (κ3) is 6.62. The lowest BCUT2D eigenvalue weighted by atomic mass is 10.2. The van der Waals surface area contributed by atoms with Crippen LogP contribution < -0.4 is 19.5 Å². The molecule has 3 aromatic rings. The van der Waals surface area contributed by atoms with Gasteiger partial charge in [0, 0.05) is 23.7 Å². The first-order valence-electron chi connectivity index (χ1n) is 10.6. The predicted molar refractivity (Wildman–Crippen MR) is 139 cm³/mol. The lowest BCUT2D eigenvalue weighted by Gasteiger charge is -2.16. The van der Waals surface area contributed by atoms with Crippen LogP contribution in [-0.2, 0) is 11.3 Å². The van der Waals surface area contributed by atoms with Crippen LogP contribution >= 0.6 is 35.0 Å². The van der Waals surface area contributed by atoms with Crippen LogP contribution in [0.3, 0.4) is 0 Å². The fraction of sp³-hybridized carbons (Fsp3) is 0.292. The van der Waals surface area contributed by atoms with Gasteiger partial charge in [-0.2, -0.15) is 0 Å². The van der Waals surface area contributed by atoms with Crippen LogP contribution in [0.25, 0.3) is 0 Å². The fourth-order valence-electron chi connectivity index (χ4n) is 3.23. The number of allylic oxidation sites excluding steroid dienone is 1. The number of rotatable bonds is 11. The van der Waals surface area contributed by atoms with E-state index in [4.69, 9.17) is 37.4 Å². The number of hydrogen-bond donors (Lipinski definition) is 1. The van der Waals surface area contributed by atoms with Crippen LogP contribution in [0.4, 0.5) is 5.69 Å². The third-order valence-corrected chi connectivity index (χ3v) is 6.63. The molecule has 186 valence electrons. The SMILES string of the molecule is C=CCn1c(SCC(=O)Nc2cc(OC)c(Cl)cc2OC)nnc1C(C)Oc1ccc(Cl)c(C)c1. The van der Waals surface area contributed by atoms with E-state index in [0.29, 0.717) is 50.5 Å². The summed E-state index contributed by atoms with van der Waals surface area (Å²) in [5, 5.41) is 13.0. The number of ether oxygens (including phenoxy) is 3. The van der Waals surface area contributed by atoms with Crippen molar-refractivity contribution in [3.8, 4) is 17.2 Å². The molecule has 0 bridgehead atoms. The van der Waals surface area contributed by atoms with E-state index in [0.717, 1.165) is 5.56 Å². The molecule has 0 saturated heterocycles. The molecule has 0 saturated carbocycles. The number of carbonyl (C=O) groups is 1. The molecule has 0 spiro atoms. The van der Waals surface area contributed by atoms with Crippen molar-refractivity contribution in [2.45, 2.75) is 31.7 Å². The number of halogens is 2. The smallest absolute Gasteiger partial charge is 0.234 e. The van der Waals surface area contributed by atoms with Crippen molar-refractivity contribution in [3.05, 3.63) is 64.4 Å². The summed E-state index contributed by atoms with van der Waals surface area (Å²) in [5.74, 6) is 1.98. The zero-order valence-corrected chi connectivity index (χ0v) is 22.1. The maximum Gasteiger partial charge on any atom is 0.234 e. The normalized spacial score (nSPS) is 11.6. The van der Waals surface area contributed by atoms with Crippen molar-refractivity contribution in [2.24, 2.45) is 0 Å². The zero-order valence-electron chi connectivity index (χ0n) is 19.8. The van der Waals surface area contributed by atoms with Crippen molar-refractivity contribution in [1.29, 1.82) is 0 Å². The summed E-state index contributed by atoms with van der Waals surface area (Å²) in [5.41, 5.74) is 1.37. The molecule has 1 aromatic heterocycles. The molecule has 0 fully saturated rings. The Balaban J connectivity index is 1.71. The van der Waals surface area contributed by atoms with Crippen molar-refractivity contribution in [3.63, 3.8) is 0 Å². The summed E-state index contributed by atoms with van der Waals surface area (Å²) in [6.45, 7) is 8.08. The van der Waals surface area contributed by atoms with Crippen LogP contribution in [0.5, 0.6) is 17.2 Å². The molecule has 3 rings (SSSR count). The van der Waals surface area contributed by atoms with Crippen LogP contribution in [0.1, 0.15) is 24.4 Å². The molecule has 8 nitrogen and oxygen atoms in total. The van der Waals surface area contributed by atoms with Crippen molar-refractivity contribution >= 4 is 46.6 Å². The van der Waals surface area contributed by atoms with Crippen LogP contribution in [0.15, 0.2) is 48.1 Å². The standard InChI is InChI=1S/C24H26Cl2N4O4S/c1-6-9-30-23(15(3)34-16-7-8-17(25)14(2)10-16)28-29-24(30)35-13-22(31)27-19-12-20(32-4)18(26)11-21(19)33-5/h6-8,10-12,15H,1,9,13H2,2-5H3,(H,27,31). The van der Waals surface area contributed by atoms with Gasteiger partial charge in [0.15, 0.2) is 17.1 Å². The summed E-state index contributed by atoms with van der Waals surface area (Å²) >= 11 is 13.5. The summed E-state index contributed by atoms with van der Waals surface area (Å²) in [6, 6.07) is 8.66. The van der Waals surface area contributed by atoms with Gasteiger partial charge >= 0.3 is 0 Å². The Morgan fingerprint density at radius 1 is 1.17 bits per heavy atom. The van der Waals surface area contributed by atoms with E-state index in [1.54, 1.807) is 30.3 Å². The van der Waals surface area contributed by atoms with Gasteiger partial charge in [-0.3, -0.25) is 9.36 Å². The van der Waals surface area contributed by atoms with E-state index < -0.39 is 6.10 Å². The number of methoxy groups -OCH3 is 2. The minimum absolute atomic E-state index is 0.0923. The molecule has 1 N–H and O–H groups in total. The van der Waals surface area contributed by atoms with E-state index >= 15 is 0 Å². The summed E-state index contributed by atoms with van der Waals surface area (Å²) in [4.78, 5) is 12.7. The minimum atomic E-state index is -0.392. The highest BCUT2D eigenvalue weighted by atomic mass is 35.5. The molecule has 35 heavy (non-hydrogen) atoms. The molecule has 2 aromatic carbocycles. The topological polar surface area (TPSA) is 87.5 Å². The number of aromatic nitrogens is 3. The van der Waals surface area contributed by atoms with Crippen molar-refractivity contribution in [2.75, 3.05) is 25.3 Å². The first-order chi connectivity index (χ1) is 16.8. The number of nitrogens with one attached hydrogen (secondary N) is 1. The Morgan fingerprint density at radius 3 is 2.57 bits per heavy atom. The monoisotopic (exact) mass is 536 g/mol. The number of carbonyl (C=O) groups excluding carboxylic acids is 1. The Hall–Kier alpha value is -2.88. The van der Waals surface area contributed by atoms with Crippen molar-refractivity contribution in [1.82, 2.24) is 14.8 Å². The lowest BCUT2D eigenvalue weighted by Crippen LogP contribution is -2.16. The molecule has 11 heteroatoms. The lowest BCUT2D eigenvalue weighted by molar-refractivity contribution is -0.113. The highest BCUT2D eigenvalue weighted by Crippen LogP contribution is 2.36. The van der Waals surface area contributed by atoms with Crippen LogP contribution in [-0.4, -0.2) is 40.6 Å². The molecule has 0 aliphatic rings. The number of hydrogen-bond acceptors (Lipinski definition) is 7. The molecule has 0 radical (unpaired) electrons. The Bertz CT molecular complexity index is 1220. The van der Waals surface area contributed by atoms with Gasteiger partial charge in [-0.05, 0) is 37.6 Å². The van der Waals surface area contributed by atoms with Gasteiger partial charge in [-0.25, -0.2) is 0 Å². The third-order valence-electron chi connectivity index (χ3n) is 4.94. The molecular formula is C24H26Cl2N4O4S. The summed E-state index contributed by atoms with van der Waals surface area (Å²) < 4.78 is 18.5. The number of amides is 1. The molecule has 1 amide bonds. The molecule has 1 unspecified atom stereocenters. The number of aryl methyl sites for hydroxylation is 1. The molecular weight excluding hydrogens is 511 g/mol. The van der Waals surface area contributed by atoms with E-state index in [1.807, 2.05) is 24.5 Å². The van der Waals surface area contributed by atoms with Crippen LogP contribution in [0, 0.1) is 6.92 Å². The second-order valence-corrected chi connectivity index (χ2v) is 9.19. The molecule has 0 aliphatic heterocycles. The van der Waals surface area contributed by atoms with Gasteiger partial charge < -0.3 is 19.5 Å². The van der Waals surface area contributed by atoms with E-state index in [2.05, 4.69) is 22.1 Å². The van der Waals surface area contributed by atoms with Gasteiger partial charge in [0.05, 0.1) is 30.7 Å². The quantitative estimate of drug-likeness (QED) is 0.238. The van der Waals surface area contributed by atoms with Gasteiger partial charge in [-0.1, -0.05) is 41.0 Å². The van der Waals surface area contributed by atoms with Crippen molar-refractivity contribution < 1.29 is 19.0 Å². The number of benzene rings is 2. The van der Waals surface area contributed by atoms with E-state index in [-0.39, 0.29) is 11.7 Å². The minimum Gasteiger partial charge on any atom is -0.495 e. The zero-order chi connectivity index (χ0) is 25.5. The summed E-state index contributed by atoms with van der Waals surface area (Å²) in [7, 11) is 2.99. The van der Waals surface area contributed by atoms with Crippen LogP contribution in [0.2, 0.25) is 10.0 Å². The average Bonchev–Trinajstić information content (AvgIpc) is 3.23. The van der Waals surface area contributed by atoms with Gasteiger partial charge in [0.2, 0.25) is 5.91 Å². The number of thioether (sulfide) groups is 1. The van der Waals surface area contributed by atoms with E-state index in [9.17, 15) is 4.79 Å².